The van der Waals surface area contributed by atoms with E-state index in [9.17, 15) is 0 Å². The van der Waals surface area contributed by atoms with Crippen molar-refractivity contribution in [3.05, 3.63) is 113 Å². The summed E-state index contributed by atoms with van der Waals surface area (Å²) in [7, 11) is 0. The van der Waals surface area contributed by atoms with Crippen molar-refractivity contribution in [3.8, 4) is 11.1 Å². The number of aryl methyl sites for hydroxylation is 2. The predicted octanol–water partition coefficient (Wildman–Crippen LogP) is 8.08. The Morgan fingerprint density at radius 1 is 0.533 bits per heavy atom. The normalized spacial score (nSPS) is 13.6. The van der Waals surface area contributed by atoms with E-state index in [0.717, 1.165) is 0 Å². The molecule has 0 atom stereocenters. The van der Waals surface area contributed by atoms with Crippen molar-refractivity contribution in [3.63, 3.8) is 0 Å². The summed E-state index contributed by atoms with van der Waals surface area (Å²) in [6.45, 7) is 8.92. The van der Waals surface area contributed by atoms with Gasteiger partial charge < -0.3 is 4.90 Å². The summed E-state index contributed by atoms with van der Waals surface area (Å²) in [6.07, 6.45) is 0. The van der Waals surface area contributed by atoms with Crippen molar-refractivity contribution in [2.75, 3.05) is 4.90 Å². The van der Waals surface area contributed by atoms with E-state index < -0.39 is 0 Å². The van der Waals surface area contributed by atoms with Crippen LogP contribution in [0.4, 0.5) is 17.1 Å². The summed E-state index contributed by atoms with van der Waals surface area (Å²) >= 11 is 0. The fourth-order valence-corrected chi connectivity index (χ4v) is 4.68. The molecule has 0 saturated heterocycles. The summed E-state index contributed by atoms with van der Waals surface area (Å²) in [5.74, 6) is 0. The van der Waals surface area contributed by atoms with E-state index >= 15 is 0 Å². The van der Waals surface area contributed by atoms with Crippen molar-refractivity contribution in [1.82, 2.24) is 0 Å². The summed E-state index contributed by atoms with van der Waals surface area (Å²) in [5.41, 5.74) is 11.6. The van der Waals surface area contributed by atoms with Gasteiger partial charge in [-0.1, -0.05) is 79.6 Å². The number of nitrogens with zero attached hydrogens (tertiary/aromatic N) is 1. The van der Waals surface area contributed by atoms with Crippen LogP contribution < -0.4 is 4.90 Å². The van der Waals surface area contributed by atoms with Crippen LogP contribution in [-0.2, 0) is 5.41 Å². The Hall–Kier alpha value is -3.32. The largest absolute Gasteiger partial charge is 0.310 e. The first-order valence-electron chi connectivity index (χ1n) is 10.6. The molecule has 0 N–H and O–H groups in total. The fourth-order valence-electron chi connectivity index (χ4n) is 4.68. The molecule has 1 aliphatic carbocycles. The van der Waals surface area contributed by atoms with Gasteiger partial charge in [0, 0.05) is 22.5 Å². The molecule has 0 bridgehead atoms. The zero-order chi connectivity index (χ0) is 20.9. The lowest BCUT2D eigenvalue weighted by atomic mass is 9.82. The number of fused-ring (bicyclic) bond motifs is 3. The first kappa shape index (κ1) is 18.7. The molecule has 1 nitrogen and oxygen atoms in total. The molecule has 4 aromatic rings. The minimum atomic E-state index is 0.0308. The predicted molar refractivity (Wildman–Crippen MR) is 128 cm³/mol. The van der Waals surface area contributed by atoms with E-state index in [-0.39, 0.29) is 5.41 Å². The van der Waals surface area contributed by atoms with Crippen LogP contribution in [0.15, 0.2) is 91.0 Å². The molecule has 30 heavy (non-hydrogen) atoms. The third kappa shape index (κ3) is 2.93. The van der Waals surface area contributed by atoms with E-state index in [1.807, 2.05) is 0 Å². The molecular weight excluding hydrogens is 362 g/mol. The van der Waals surface area contributed by atoms with Crippen LogP contribution in [0.25, 0.3) is 11.1 Å². The Labute approximate surface area is 179 Å². The number of hydrogen-bond donors (Lipinski definition) is 0. The van der Waals surface area contributed by atoms with Gasteiger partial charge in [0.1, 0.15) is 0 Å². The van der Waals surface area contributed by atoms with Gasteiger partial charge in [-0.25, -0.2) is 0 Å². The molecule has 0 heterocycles. The fraction of sp³-hybridized carbons (Fsp3) is 0.172. The molecular formula is C29H27N. The van der Waals surface area contributed by atoms with Gasteiger partial charge >= 0.3 is 0 Å². The summed E-state index contributed by atoms with van der Waals surface area (Å²) in [6, 6.07) is 33.3. The molecule has 148 valence electrons. The van der Waals surface area contributed by atoms with Crippen molar-refractivity contribution in [2.24, 2.45) is 0 Å². The maximum absolute atomic E-state index is 2.36. The van der Waals surface area contributed by atoms with Crippen LogP contribution >= 0.6 is 0 Å². The monoisotopic (exact) mass is 389 g/mol. The number of rotatable bonds is 3. The highest BCUT2D eigenvalue weighted by molar-refractivity contribution is 5.86. The Morgan fingerprint density at radius 2 is 1.03 bits per heavy atom. The van der Waals surface area contributed by atoms with Crippen molar-refractivity contribution in [2.45, 2.75) is 33.1 Å². The van der Waals surface area contributed by atoms with Crippen molar-refractivity contribution >= 4 is 17.1 Å². The third-order valence-electron chi connectivity index (χ3n) is 6.41. The molecule has 0 aliphatic heterocycles. The number of benzene rings is 4. The summed E-state index contributed by atoms with van der Waals surface area (Å²) in [5, 5.41) is 0. The van der Waals surface area contributed by atoms with Gasteiger partial charge in [-0.3, -0.25) is 0 Å². The van der Waals surface area contributed by atoms with Gasteiger partial charge in [-0.15, -0.1) is 0 Å². The highest BCUT2D eigenvalue weighted by Crippen LogP contribution is 2.50. The highest BCUT2D eigenvalue weighted by atomic mass is 15.1. The Kier molecular flexibility index (Phi) is 4.29. The second-order valence-corrected chi connectivity index (χ2v) is 8.91. The zero-order valence-corrected chi connectivity index (χ0v) is 18.1. The van der Waals surface area contributed by atoms with Gasteiger partial charge in [0.2, 0.25) is 0 Å². The number of hydrogen-bond acceptors (Lipinski definition) is 1. The molecule has 0 aromatic heterocycles. The van der Waals surface area contributed by atoms with E-state index in [4.69, 9.17) is 0 Å². The molecule has 5 rings (SSSR count). The van der Waals surface area contributed by atoms with E-state index in [2.05, 4.69) is 124 Å². The van der Waals surface area contributed by atoms with Crippen molar-refractivity contribution in [1.29, 1.82) is 0 Å². The van der Waals surface area contributed by atoms with Crippen LogP contribution in [0.5, 0.6) is 0 Å². The van der Waals surface area contributed by atoms with Crippen molar-refractivity contribution < 1.29 is 0 Å². The molecule has 1 heteroatoms. The van der Waals surface area contributed by atoms with Gasteiger partial charge in [0.15, 0.2) is 0 Å². The minimum Gasteiger partial charge on any atom is -0.310 e. The van der Waals surface area contributed by atoms with E-state index in [1.54, 1.807) is 0 Å². The lowest BCUT2D eigenvalue weighted by Gasteiger charge is -2.27. The standard InChI is InChI=1S/C29H27N/c1-20-9-13-22(14-10-20)30(23-15-11-21(2)12-16-23)24-17-18-28-26(19-24)25-7-5-6-8-27(25)29(28,3)4/h5-19H,1-4H3. The molecule has 0 fully saturated rings. The zero-order valence-electron chi connectivity index (χ0n) is 18.1. The van der Waals surface area contributed by atoms with Crippen LogP contribution in [0, 0.1) is 13.8 Å². The SMILES string of the molecule is Cc1ccc(N(c2ccc(C)cc2)c2ccc3c(c2)-c2ccccc2C3(C)C)cc1. The van der Waals surface area contributed by atoms with Gasteiger partial charge in [-0.2, -0.15) is 0 Å². The van der Waals surface area contributed by atoms with Gasteiger partial charge in [-0.05, 0) is 72.5 Å². The van der Waals surface area contributed by atoms with Crippen LogP contribution in [-0.4, -0.2) is 0 Å². The smallest absolute Gasteiger partial charge is 0.0468 e. The van der Waals surface area contributed by atoms with Crippen LogP contribution in [0.3, 0.4) is 0 Å². The molecule has 0 radical (unpaired) electrons. The first-order chi connectivity index (χ1) is 14.4. The van der Waals surface area contributed by atoms with Gasteiger partial charge in [0.25, 0.3) is 0 Å². The van der Waals surface area contributed by atoms with E-state index in [1.165, 1.54) is 50.4 Å². The molecule has 4 aromatic carbocycles. The Balaban J connectivity index is 1.70. The van der Waals surface area contributed by atoms with Gasteiger partial charge in [0.05, 0.1) is 0 Å². The maximum Gasteiger partial charge on any atom is 0.0468 e. The lowest BCUT2D eigenvalue weighted by Crippen LogP contribution is -2.15. The Bertz CT molecular complexity index is 1170. The average Bonchev–Trinajstić information content (AvgIpc) is 2.98. The molecule has 0 saturated carbocycles. The second kappa shape index (κ2) is 6.88. The highest BCUT2D eigenvalue weighted by Gasteiger charge is 2.35. The summed E-state index contributed by atoms with van der Waals surface area (Å²) in [4.78, 5) is 2.35. The van der Waals surface area contributed by atoms with Crippen LogP contribution in [0.2, 0.25) is 0 Å². The lowest BCUT2D eigenvalue weighted by molar-refractivity contribution is 0.660. The average molecular weight is 390 g/mol. The third-order valence-corrected chi connectivity index (χ3v) is 6.41. The quantitative estimate of drug-likeness (QED) is 0.342. The minimum absolute atomic E-state index is 0.0308. The first-order valence-corrected chi connectivity index (χ1v) is 10.6. The molecule has 0 unspecified atom stereocenters. The summed E-state index contributed by atoms with van der Waals surface area (Å²) < 4.78 is 0. The topological polar surface area (TPSA) is 3.24 Å². The molecule has 0 spiro atoms. The molecule has 0 amide bonds. The van der Waals surface area contributed by atoms with Crippen LogP contribution in [0.1, 0.15) is 36.1 Å². The maximum atomic E-state index is 2.36. The number of anilines is 3. The van der Waals surface area contributed by atoms with E-state index in [0.29, 0.717) is 0 Å². The second-order valence-electron chi connectivity index (χ2n) is 8.91. The Morgan fingerprint density at radius 3 is 1.63 bits per heavy atom. The molecule has 1 aliphatic rings.